The first-order valence-electron chi connectivity index (χ1n) is 5.34. The molecule has 94 valence electrons. The van der Waals surface area contributed by atoms with Gasteiger partial charge in [-0.15, -0.1) is 0 Å². The summed E-state index contributed by atoms with van der Waals surface area (Å²) in [6.07, 6.45) is 0.247. The second-order valence-corrected chi connectivity index (χ2v) is 4.19. The Labute approximate surface area is 106 Å². The summed E-state index contributed by atoms with van der Waals surface area (Å²) in [7, 11) is 1.53. The number of carbonyl (C=O) groups excluding carboxylic acids is 1. The van der Waals surface area contributed by atoms with Crippen molar-refractivity contribution in [2.24, 2.45) is 0 Å². The Bertz CT molecular complexity index is 393. The Morgan fingerprint density at radius 3 is 2.82 bits per heavy atom. The standard InChI is InChI=1S/C12H16ClNO3/c1-8(15)3-6-12(16)14-9-4-5-11(17-2)10(13)7-9/h4-5,7-8,15H,3,6H2,1-2H3,(H,14,16). The molecule has 0 spiro atoms. The highest BCUT2D eigenvalue weighted by Gasteiger charge is 2.06. The van der Waals surface area contributed by atoms with E-state index in [9.17, 15) is 4.79 Å². The number of aliphatic hydroxyl groups excluding tert-OH is 1. The minimum atomic E-state index is -0.472. The lowest BCUT2D eigenvalue weighted by atomic mass is 10.2. The molecule has 4 nitrogen and oxygen atoms in total. The van der Waals surface area contributed by atoms with Crippen LogP contribution in [-0.2, 0) is 4.79 Å². The van der Waals surface area contributed by atoms with Crippen LogP contribution in [0, 0.1) is 0 Å². The van der Waals surface area contributed by atoms with Crippen molar-refractivity contribution in [3.05, 3.63) is 23.2 Å². The number of aliphatic hydroxyl groups is 1. The summed E-state index contributed by atoms with van der Waals surface area (Å²) in [5.41, 5.74) is 0.617. The largest absolute Gasteiger partial charge is 0.495 e. The van der Waals surface area contributed by atoms with Crippen LogP contribution >= 0.6 is 11.6 Å². The van der Waals surface area contributed by atoms with Gasteiger partial charge in [0.05, 0.1) is 18.2 Å². The van der Waals surface area contributed by atoms with Crippen LogP contribution in [0.25, 0.3) is 0 Å². The van der Waals surface area contributed by atoms with E-state index in [2.05, 4.69) is 5.32 Å². The van der Waals surface area contributed by atoms with Gasteiger partial charge < -0.3 is 15.2 Å². The first kappa shape index (κ1) is 13.8. The molecule has 0 bridgehead atoms. The van der Waals surface area contributed by atoms with Gasteiger partial charge in [-0.05, 0) is 31.5 Å². The molecule has 1 amide bonds. The Hall–Kier alpha value is -1.26. The van der Waals surface area contributed by atoms with Crippen molar-refractivity contribution in [1.29, 1.82) is 0 Å². The summed E-state index contributed by atoms with van der Waals surface area (Å²) in [4.78, 5) is 11.5. The van der Waals surface area contributed by atoms with E-state index >= 15 is 0 Å². The second kappa shape index (κ2) is 6.47. The number of anilines is 1. The number of halogens is 1. The number of methoxy groups -OCH3 is 1. The van der Waals surface area contributed by atoms with Crippen LogP contribution in [0.5, 0.6) is 5.75 Å². The SMILES string of the molecule is COc1ccc(NC(=O)CCC(C)O)cc1Cl. The molecule has 0 aliphatic heterocycles. The molecule has 0 aromatic heterocycles. The lowest BCUT2D eigenvalue weighted by Crippen LogP contribution is -2.14. The van der Waals surface area contributed by atoms with E-state index in [1.807, 2.05) is 0 Å². The maximum absolute atomic E-state index is 11.5. The maximum Gasteiger partial charge on any atom is 0.224 e. The topological polar surface area (TPSA) is 58.6 Å². The first-order valence-corrected chi connectivity index (χ1v) is 5.72. The third-order valence-corrected chi connectivity index (χ3v) is 2.52. The van der Waals surface area contributed by atoms with Crippen molar-refractivity contribution in [3.63, 3.8) is 0 Å². The Kier molecular flexibility index (Phi) is 5.25. The average Bonchev–Trinajstić information content (AvgIpc) is 2.26. The minimum absolute atomic E-state index is 0.146. The van der Waals surface area contributed by atoms with E-state index in [1.165, 1.54) is 7.11 Å². The molecule has 5 heteroatoms. The van der Waals surface area contributed by atoms with Gasteiger partial charge in [-0.25, -0.2) is 0 Å². The summed E-state index contributed by atoms with van der Waals surface area (Å²) in [6.45, 7) is 1.65. The van der Waals surface area contributed by atoms with Crippen LogP contribution in [0.2, 0.25) is 5.02 Å². The third-order valence-electron chi connectivity index (χ3n) is 2.22. The molecule has 1 atom stereocenters. The van der Waals surface area contributed by atoms with Crippen molar-refractivity contribution in [3.8, 4) is 5.75 Å². The molecular weight excluding hydrogens is 242 g/mol. The molecule has 0 aliphatic carbocycles. The van der Waals surface area contributed by atoms with Crippen molar-refractivity contribution in [2.75, 3.05) is 12.4 Å². The zero-order valence-corrected chi connectivity index (χ0v) is 10.6. The van der Waals surface area contributed by atoms with Gasteiger partial charge in [-0.1, -0.05) is 11.6 Å². The summed E-state index contributed by atoms with van der Waals surface area (Å²) in [5.74, 6) is 0.417. The molecule has 17 heavy (non-hydrogen) atoms. The molecule has 0 radical (unpaired) electrons. The minimum Gasteiger partial charge on any atom is -0.495 e. The highest BCUT2D eigenvalue weighted by Crippen LogP contribution is 2.27. The first-order chi connectivity index (χ1) is 8.02. The molecule has 0 fully saturated rings. The van der Waals surface area contributed by atoms with Crippen LogP contribution < -0.4 is 10.1 Å². The molecule has 1 unspecified atom stereocenters. The highest BCUT2D eigenvalue weighted by molar-refractivity contribution is 6.32. The number of amides is 1. The van der Waals surface area contributed by atoms with Gasteiger partial charge in [0.25, 0.3) is 0 Å². The normalized spacial score (nSPS) is 12.0. The summed E-state index contributed by atoms with van der Waals surface area (Å²) < 4.78 is 5.01. The van der Waals surface area contributed by atoms with Crippen molar-refractivity contribution < 1.29 is 14.6 Å². The third kappa shape index (κ3) is 4.63. The van der Waals surface area contributed by atoms with E-state index in [4.69, 9.17) is 21.4 Å². The van der Waals surface area contributed by atoms with E-state index in [-0.39, 0.29) is 12.3 Å². The van der Waals surface area contributed by atoms with Crippen LogP contribution in [0.3, 0.4) is 0 Å². The zero-order valence-electron chi connectivity index (χ0n) is 9.87. The molecule has 0 heterocycles. The number of hydrogen-bond donors (Lipinski definition) is 2. The monoisotopic (exact) mass is 257 g/mol. The number of hydrogen-bond acceptors (Lipinski definition) is 3. The number of carbonyl (C=O) groups is 1. The molecule has 1 aromatic carbocycles. The van der Waals surface area contributed by atoms with E-state index < -0.39 is 6.10 Å². The summed E-state index contributed by atoms with van der Waals surface area (Å²) >= 11 is 5.92. The van der Waals surface area contributed by atoms with Crippen LogP contribution in [0.4, 0.5) is 5.69 Å². The zero-order chi connectivity index (χ0) is 12.8. The quantitative estimate of drug-likeness (QED) is 0.852. The van der Waals surface area contributed by atoms with Gasteiger partial charge in [0, 0.05) is 12.1 Å². The Morgan fingerprint density at radius 2 is 2.29 bits per heavy atom. The molecular formula is C12H16ClNO3. The predicted octanol–water partition coefficient (Wildman–Crippen LogP) is 2.45. The van der Waals surface area contributed by atoms with Gasteiger partial charge in [-0.2, -0.15) is 0 Å². The molecule has 1 aromatic rings. The summed E-state index contributed by atoms with van der Waals surface area (Å²) in [6, 6.07) is 5.03. The van der Waals surface area contributed by atoms with E-state index in [0.717, 1.165) is 0 Å². The number of ether oxygens (including phenoxy) is 1. The lowest BCUT2D eigenvalue weighted by molar-refractivity contribution is -0.116. The Balaban J connectivity index is 2.57. The van der Waals surface area contributed by atoms with Crippen molar-refractivity contribution in [2.45, 2.75) is 25.9 Å². The maximum atomic E-state index is 11.5. The molecule has 1 rings (SSSR count). The molecule has 0 saturated carbocycles. The van der Waals surface area contributed by atoms with E-state index in [0.29, 0.717) is 22.9 Å². The van der Waals surface area contributed by atoms with Gasteiger partial charge in [0.2, 0.25) is 5.91 Å². The highest BCUT2D eigenvalue weighted by atomic mass is 35.5. The fraction of sp³-hybridized carbons (Fsp3) is 0.417. The van der Waals surface area contributed by atoms with Gasteiger partial charge in [0.1, 0.15) is 5.75 Å². The van der Waals surface area contributed by atoms with E-state index in [1.54, 1.807) is 25.1 Å². The average molecular weight is 258 g/mol. The van der Waals surface area contributed by atoms with Crippen LogP contribution in [0.1, 0.15) is 19.8 Å². The molecule has 2 N–H and O–H groups in total. The van der Waals surface area contributed by atoms with Crippen LogP contribution in [-0.4, -0.2) is 24.2 Å². The predicted molar refractivity (Wildman–Crippen MR) is 67.5 cm³/mol. The molecule has 0 saturated heterocycles. The van der Waals surface area contributed by atoms with Gasteiger partial charge >= 0.3 is 0 Å². The fourth-order valence-corrected chi connectivity index (χ4v) is 1.57. The molecule has 0 aliphatic rings. The number of nitrogens with one attached hydrogen (secondary N) is 1. The number of benzene rings is 1. The van der Waals surface area contributed by atoms with Gasteiger partial charge in [0.15, 0.2) is 0 Å². The Morgan fingerprint density at radius 1 is 1.59 bits per heavy atom. The number of rotatable bonds is 5. The van der Waals surface area contributed by atoms with Crippen molar-refractivity contribution >= 4 is 23.2 Å². The fourth-order valence-electron chi connectivity index (χ4n) is 1.31. The smallest absolute Gasteiger partial charge is 0.224 e. The van der Waals surface area contributed by atoms with Crippen molar-refractivity contribution in [1.82, 2.24) is 0 Å². The summed E-state index contributed by atoms with van der Waals surface area (Å²) in [5, 5.41) is 12.2. The van der Waals surface area contributed by atoms with Crippen LogP contribution in [0.15, 0.2) is 18.2 Å². The second-order valence-electron chi connectivity index (χ2n) is 3.79. The van der Waals surface area contributed by atoms with Gasteiger partial charge in [-0.3, -0.25) is 4.79 Å². The lowest BCUT2D eigenvalue weighted by Gasteiger charge is -2.08.